The van der Waals surface area contributed by atoms with Crippen LogP contribution in [0.1, 0.15) is 41.8 Å². The van der Waals surface area contributed by atoms with Gasteiger partial charge in [0, 0.05) is 36.0 Å². The smallest absolute Gasteiger partial charge is 0.143 e. The number of aromatic nitrogens is 2. The Morgan fingerprint density at radius 2 is 2.14 bits per heavy atom. The van der Waals surface area contributed by atoms with Gasteiger partial charge in [-0.2, -0.15) is 0 Å². The number of carbonyl (C=O) groups excluding carboxylic acids is 1. The zero-order valence-corrected chi connectivity index (χ0v) is 17.6. The molecule has 2 atom stereocenters. The van der Waals surface area contributed by atoms with Crippen LogP contribution in [-0.4, -0.2) is 52.7 Å². The van der Waals surface area contributed by atoms with Crippen LogP contribution in [0.25, 0.3) is 0 Å². The summed E-state index contributed by atoms with van der Waals surface area (Å²) in [6.45, 7) is 6.43. The van der Waals surface area contributed by atoms with Crippen molar-refractivity contribution >= 4 is 35.1 Å². The molecule has 2 heterocycles. The first-order chi connectivity index (χ1) is 13.8. The predicted octanol–water partition coefficient (Wildman–Crippen LogP) is 4.20. The van der Waals surface area contributed by atoms with Crippen LogP contribution in [0.15, 0.2) is 18.2 Å². The number of rotatable bonds is 6. The Hall–Kier alpha value is -2.38. The van der Waals surface area contributed by atoms with Gasteiger partial charge < -0.3 is 10.7 Å². The number of nitrogens with one attached hydrogen (secondary N) is 2. The molecule has 8 heteroatoms. The summed E-state index contributed by atoms with van der Waals surface area (Å²) >= 11 is 6.02. The Labute approximate surface area is 175 Å². The van der Waals surface area contributed by atoms with Crippen molar-refractivity contribution in [3.05, 3.63) is 45.9 Å². The van der Waals surface area contributed by atoms with Crippen molar-refractivity contribution in [2.45, 2.75) is 39.3 Å². The first-order valence-corrected chi connectivity index (χ1v) is 9.93. The Morgan fingerprint density at radius 1 is 1.38 bits per heavy atom. The van der Waals surface area contributed by atoms with E-state index in [0.29, 0.717) is 47.6 Å². The molecular weight excluding hydrogens is 393 g/mol. The fourth-order valence-corrected chi connectivity index (χ4v) is 4.11. The van der Waals surface area contributed by atoms with Crippen LogP contribution in [0.2, 0.25) is 5.15 Å². The monoisotopic (exact) mass is 417 g/mol. The summed E-state index contributed by atoms with van der Waals surface area (Å²) < 4.78 is 15.0. The first kappa shape index (κ1) is 21.3. The van der Waals surface area contributed by atoms with E-state index in [1.54, 1.807) is 13.0 Å². The van der Waals surface area contributed by atoms with E-state index in [1.165, 1.54) is 13.1 Å². The maximum atomic E-state index is 15.0. The Bertz CT molecular complexity index is 915. The lowest BCUT2D eigenvalue weighted by atomic mass is 9.84. The molecule has 0 spiro atoms. The maximum absolute atomic E-state index is 15.0. The minimum atomic E-state index is -1.06. The minimum Gasteiger partial charge on any atom is -0.340 e. The van der Waals surface area contributed by atoms with Crippen molar-refractivity contribution in [2.24, 2.45) is 0 Å². The van der Waals surface area contributed by atoms with Gasteiger partial charge in [-0.3, -0.25) is 9.69 Å². The first-order valence-electron chi connectivity index (χ1n) is 9.56. The number of nitrogens with zero attached hydrogens (tertiary/aromatic N) is 3. The highest BCUT2D eigenvalue weighted by Crippen LogP contribution is 2.35. The molecule has 1 aromatic heterocycles. The van der Waals surface area contributed by atoms with Gasteiger partial charge in [0.2, 0.25) is 0 Å². The number of aryl methyl sites for hydroxylation is 2. The second-order valence-corrected chi connectivity index (χ2v) is 7.92. The molecule has 0 radical (unpaired) electrons. The molecule has 0 saturated carbocycles. The molecule has 6 nitrogen and oxygen atoms in total. The molecule has 1 saturated heterocycles. The lowest BCUT2D eigenvalue weighted by molar-refractivity contribution is -0.118. The standard InChI is InChI=1S/C21H25ClFN5O/c1-12-6-15(9-24)19(27-21-8-20(22)25-14(3)26-21)7-17(12)16-4-5-28(10-13(2)29)11-18(16)23/h6-9,16,18,24H,4-5,10-11H2,1-3H3,(H,25,26,27). The molecule has 29 heavy (non-hydrogen) atoms. The van der Waals surface area contributed by atoms with Gasteiger partial charge in [0.15, 0.2) is 0 Å². The molecule has 0 amide bonds. The lowest BCUT2D eigenvalue weighted by Gasteiger charge is -2.35. The summed E-state index contributed by atoms with van der Waals surface area (Å²) in [5.41, 5.74) is 3.21. The summed E-state index contributed by atoms with van der Waals surface area (Å²) in [7, 11) is 0. The van der Waals surface area contributed by atoms with Crippen LogP contribution in [0.4, 0.5) is 15.9 Å². The van der Waals surface area contributed by atoms with Gasteiger partial charge >= 0.3 is 0 Å². The van der Waals surface area contributed by atoms with Crippen molar-refractivity contribution in [3.8, 4) is 0 Å². The molecule has 2 unspecified atom stereocenters. The molecule has 1 aliphatic heterocycles. The quantitative estimate of drug-likeness (QED) is 0.543. The van der Waals surface area contributed by atoms with E-state index in [1.807, 2.05) is 24.0 Å². The molecule has 2 aromatic rings. The van der Waals surface area contributed by atoms with E-state index >= 15 is 4.39 Å². The van der Waals surface area contributed by atoms with E-state index in [4.69, 9.17) is 17.0 Å². The Kier molecular flexibility index (Phi) is 6.59. The predicted molar refractivity (Wildman–Crippen MR) is 114 cm³/mol. The lowest BCUT2D eigenvalue weighted by Crippen LogP contribution is -2.42. The Morgan fingerprint density at radius 3 is 2.76 bits per heavy atom. The van der Waals surface area contributed by atoms with Gasteiger partial charge in [0.05, 0.1) is 6.54 Å². The fraction of sp³-hybridized carbons (Fsp3) is 0.429. The molecule has 1 aliphatic rings. The fourth-order valence-electron chi connectivity index (χ4n) is 3.88. The van der Waals surface area contributed by atoms with Crippen LogP contribution in [0, 0.1) is 19.3 Å². The highest BCUT2D eigenvalue weighted by molar-refractivity contribution is 6.29. The van der Waals surface area contributed by atoms with Gasteiger partial charge in [-0.25, -0.2) is 14.4 Å². The second-order valence-electron chi connectivity index (χ2n) is 7.54. The summed E-state index contributed by atoms with van der Waals surface area (Å²) in [6.07, 6.45) is 0.838. The topological polar surface area (TPSA) is 82.0 Å². The number of halogens is 2. The van der Waals surface area contributed by atoms with Gasteiger partial charge in [0.1, 0.15) is 28.8 Å². The number of benzene rings is 1. The number of alkyl halides is 1. The van der Waals surface area contributed by atoms with Crippen molar-refractivity contribution in [1.82, 2.24) is 14.9 Å². The zero-order valence-electron chi connectivity index (χ0n) is 16.8. The average Bonchev–Trinajstić information content (AvgIpc) is 2.62. The number of Topliss-reactive ketones (excluding diaryl/α,β-unsaturated/α-hetero) is 1. The molecule has 154 valence electrons. The molecule has 2 N–H and O–H groups in total. The van der Waals surface area contributed by atoms with Crippen LogP contribution in [0.5, 0.6) is 0 Å². The molecule has 1 aromatic carbocycles. The SMILES string of the molecule is CC(=O)CN1CCC(c2cc(Nc3cc(Cl)nc(C)n3)c(C=N)cc2C)C(F)C1. The third-order valence-corrected chi connectivity index (χ3v) is 5.33. The highest BCUT2D eigenvalue weighted by Gasteiger charge is 2.32. The average molecular weight is 418 g/mol. The molecule has 0 aliphatic carbocycles. The summed E-state index contributed by atoms with van der Waals surface area (Å²) in [6, 6.07) is 5.40. The summed E-state index contributed by atoms with van der Waals surface area (Å²) in [5.74, 6) is 0.848. The van der Waals surface area contributed by atoms with E-state index in [-0.39, 0.29) is 18.2 Å². The molecule has 0 bridgehead atoms. The third kappa shape index (κ3) is 5.16. The minimum absolute atomic E-state index is 0.0486. The molecule has 1 fully saturated rings. The number of carbonyl (C=O) groups is 1. The summed E-state index contributed by atoms with van der Waals surface area (Å²) in [5, 5.41) is 11.3. The normalized spacial score (nSPS) is 19.8. The van der Waals surface area contributed by atoms with Crippen LogP contribution < -0.4 is 5.32 Å². The van der Waals surface area contributed by atoms with Crippen molar-refractivity contribution in [3.63, 3.8) is 0 Å². The number of ketones is 1. The van der Waals surface area contributed by atoms with Crippen molar-refractivity contribution in [2.75, 3.05) is 25.0 Å². The van der Waals surface area contributed by atoms with Gasteiger partial charge in [-0.15, -0.1) is 0 Å². The van der Waals surface area contributed by atoms with E-state index in [9.17, 15) is 4.79 Å². The number of hydrogen-bond donors (Lipinski definition) is 2. The van der Waals surface area contributed by atoms with Crippen LogP contribution >= 0.6 is 11.6 Å². The van der Waals surface area contributed by atoms with Gasteiger partial charge in [-0.1, -0.05) is 11.6 Å². The van der Waals surface area contributed by atoms with Crippen LogP contribution in [0.3, 0.4) is 0 Å². The highest BCUT2D eigenvalue weighted by atomic mass is 35.5. The number of piperidine rings is 1. The second kappa shape index (κ2) is 8.97. The molecule has 3 rings (SSSR count). The summed E-state index contributed by atoms with van der Waals surface area (Å²) in [4.78, 5) is 21.6. The largest absolute Gasteiger partial charge is 0.340 e. The number of likely N-dealkylation sites (tertiary alicyclic amines) is 1. The van der Waals surface area contributed by atoms with Crippen molar-refractivity contribution < 1.29 is 9.18 Å². The third-order valence-electron chi connectivity index (χ3n) is 5.13. The van der Waals surface area contributed by atoms with Gasteiger partial charge in [0.25, 0.3) is 0 Å². The van der Waals surface area contributed by atoms with Crippen molar-refractivity contribution in [1.29, 1.82) is 5.41 Å². The van der Waals surface area contributed by atoms with E-state index in [2.05, 4.69) is 15.3 Å². The Balaban J connectivity index is 1.89. The van der Waals surface area contributed by atoms with E-state index in [0.717, 1.165) is 11.1 Å². The number of hydrogen-bond acceptors (Lipinski definition) is 6. The maximum Gasteiger partial charge on any atom is 0.143 e. The number of anilines is 2. The zero-order chi connectivity index (χ0) is 21.1. The van der Waals surface area contributed by atoms with Gasteiger partial charge in [-0.05, 0) is 57.0 Å². The van der Waals surface area contributed by atoms with E-state index < -0.39 is 6.17 Å². The van der Waals surface area contributed by atoms with Crippen LogP contribution in [-0.2, 0) is 4.79 Å². The molecular formula is C21H25ClFN5O.